The Balaban J connectivity index is 1.98. The Morgan fingerprint density at radius 3 is 3.00 bits per heavy atom. The third kappa shape index (κ3) is 3.30. The van der Waals surface area contributed by atoms with Crippen LogP contribution in [-0.2, 0) is 6.42 Å². The number of rotatable bonds is 3. The lowest BCUT2D eigenvalue weighted by molar-refractivity contribution is 0.502. The normalized spacial score (nSPS) is 18.1. The molecule has 0 bridgehead atoms. The average molecular weight is 347 g/mol. The Morgan fingerprint density at radius 1 is 1.29 bits per heavy atom. The van der Waals surface area contributed by atoms with Gasteiger partial charge < -0.3 is 5.32 Å². The average Bonchev–Trinajstić information content (AvgIpc) is 2.70. The molecule has 21 heavy (non-hydrogen) atoms. The van der Waals surface area contributed by atoms with Crippen molar-refractivity contribution in [2.24, 2.45) is 0 Å². The van der Waals surface area contributed by atoms with Crippen LogP contribution in [0, 0.1) is 0 Å². The van der Waals surface area contributed by atoms with E-state index in [9.17, 15) is 0 Å². The van der Waals surface area contributed by atoms with Crippen molar-refractivity contribution in [2.75, 3.05) is 6.54 Å². The summed E-state index contributed by atoms with van der Waals surface area (Å²) in [6.07, 6.45) is 10.2. The van der Waals surface area contributed by atoms with Crippen molar-refractivity contribution < 1.29 is 0 Å². The predicted octanol–water partition coefficient (Wildman–Crippen LogP) is 3.68. The zero-order chi connectivity index (χ0) is 14.7. The first kappa shape index (κ1) is 14.6. The van der Waals surface area contributed by atoms with Crippen LogP contribution in [0.4, 0.5) is 0 Å². The highest BCUT2D eigenvalue weighted by Crippen LogP contribution is 2.28. The second kappa shape index (κ2) is 6.62. The Hall–Kier alpha value is -1.33. The van der Waals surface area contributed by atoms with Gasteiger partial charge in [-0.1, -0.05) is 13.3 Å². The summed E-state index contributed by atoms with van der Waals surface area (Å²) in [5.41, 5.74) is 3.40. The van der Waals surface area contributed by atoms with E-state index in [0.29, 0.717) is 6.04 Å². The highest BCUT2D eigenvalue weighted by Gasteiger charge is 2.20. The molecular weight excluding hydrogens is 328 g/mol. The molecule has 0 saturated carbocycles. The van der Waals surface area contributed by atoms with Crippen molar-refractivity contribution in [1.82, 2.24) is 20.3 Å². The molecular formula is C16H19BrN4. The number of pyridine rings is 1. The summed E-state index contributed by atoms with van der Waals surface area (Å²) in [7, 11) is 0. The molecule has 3 rings (SSSR count). The van der Waals surface area contributed by atoms with Crippen molar-refractivity contribution in [3.63, 3.8) is 0 Å². The highest BCUT2D eigenvalue weighted by atomic mass is 79.9. The van der Waals surface area contributed by atoms with E-state index in [4.69, 9.17) is 4.98 Å². The number of nitrogens with zero attached hydrogens (tertiary/aromatic N) is 3. The van der Waals surface area contributed by atoms with Crippen molar-refractivity contribution in [2.45, 2.75) is 38.6 Å². The fourth-order valence-corrected chi connectivity index (χ4v) is 3.21. The molecule has 4 nitrogen and oxygen atoms in total. The van der Waals surface area contributed by atoms with Crippen LogP contribution >= 0.6 is 15.9 Å². The maximum Gasteiger partial charge on any atom is 0.160 e. The van der Waals surface area contributed by atoms with E-state index < -0.39 is 0 Å². The second-order valence-electron chi connectivity index (χ2n) is 5.34. The number of halogens is 1. The molecule has 0 fully saturated rings. The van der Waals surface area contributed by atoms with Crippen molar-refractivity contribution in [1.29, 1.82) is 0 Å². The zero-order valence-corrected chi connectivity index (χ0v) is 13.7. The molecule has 0 aromatic carbocycles. The first-order valence-corrected chi connectivity index (χ1v) is 8.27. The van der Waals surface area contributed by atoms with Crippen LogP contribution in [0.25, 0.3) is 11.4 Å². The van der Waals surface area contributed by atoms with Gasteiger partial charge in [0, 0.05) is 45.9 Å². The summed E-state index contributed by atoms with van der Waals surface area (Å²) in [4.78, 5) is 13.6. The highest BCUT2D eigenvalue weighted by molar-refractivity contribution is 9.10. The van der Waals surface area contributed by atoms with E-state index in [0.717, 1.165) is 28.8 Å². The van der Waals surface area contributed by atoms with E-state index in [1.54, 1.807) is 6.20 Å². The molecule has 2 heterocycles. The molecule has 1 aliphatic carbocycles. The second-order valence-corrected chi connectivity index (χ2v) is 6.26. The van der Waals surface area contributed by atoms with Gasteiger partial charge in [-0.25, -0.2) is 9.97 Å². The molecule has 1 aliphatic rings. The number of hydrogen-bond donors (Lipinski definition) is 1. The van der Waals surface area contributed by atoms with Gasteiger partial charge in [-0.15, -0.1) is 0 Å². The molecule has 1 N–H and O–H groups in total. The van der Waals surface area contributed by atoms with E-state index in [1.165, 1.54) is 30.5 Å². The molecule has 0 amide bonds. The number of nitrogens with one attached hydrogen (secondary N) is 1. The first-order chi connectivity index (χ1) is 10.3. The van der Waals surface area contributed by atoms with Crippen molar-refractivity contribution >= 4 is 15.9 Å². The van der Waals surface area contributed by atoms with Gasteiger partial charge >= 0.3 is 0 Å². The molecule has 1 unspecified atom stereocenters. The minimum absolute atomic E-state index is 0.391. The smallest absolute Gasteiger partial charge is 0.160 e. The molecule has 0 radical (unpaired) electrons. The summed E-state index contributed by atoms with van der Waals surface area (Å²) in [5, 5.41) is 3.55. The lowest BCUT2D eigenvalue weighted by Gasteiger charge is -2.17. The van der Waals surface area contributed by atoms with Gasteiger partial charge in [0.15, 0.2) is 5.82 Å². The fourth-order valence-electron chi connectivity index (χ4n) is 2.85. The number of hydrogen-bond acceptors (Lipinski definition) is 4. The van der Waals surface area contributed by atoms with Gasteiger partial charge in [0.05, 0.1) is 0 Å². The summed E-state index contributed by atoms with van der Waals surface area (Å²) < 4.78 is 0.948. The molecule has 0 saturated heterocycles. The molecule has 110 valence electrons. The fraction of sp³-hybridized carbons (Fsp3) is 0.438. The molecule has 0 spiro atoms. The van der Waals surface area contributed by atoms with Crippen LogP contribution in [-0.4, -0.2) is 21.5 Å². The van der Waals surface area contributed by atoms with Gasteiger partial charge in [0.25, 0.3) is 0 Å². The van der Waals surface area contributed by atoms with Crippen molar-refractivity contribution in [3.8, 4) is 11.4 Å². The Kier molecular flexibility index (Phi) is 4.60. The summed E-state index contributed by atoms with van der Waals surface area (Å²) >= 11 is 3.45. The summed E-state index contributed by atoms with van der Waals surface area (Å²) in [6.45, 7) is 3.12. The predicted molar refractivity (Wildman–Crippen MR) is 86.9 cm³/mol. The van der Waals surface area contributed by atoms with E-state index in [-0.39, 0.29) is 0 Å². The van der Waals surface area contributed by atoms with Gasteiger partial charge in [0.2, 0.25) is 0 Å². The Labute approximate surface area is 133 Å². The Bertz CT molecular complexity index is 629. The molecule has 2 aromatic heterocycles. The maximum absolute atomic E-state index is 4.81. The minimum Gasteiger partial charge on any atom is -0.310 e. The summed E-state index contributed by atoms with van der Waals surface area (Å²) in [6, 6.07) is 2.40. The first-order valence-electron chi connectivity index (χ1n) is 7.48. The van der Waals surface area contributed by atoms with Gasteiger partial charge in [0.1, 0.15) is 0 Å². The largest absolute Gasteiger partial charge is 0.310 e. The molecule has 0 aliphatic heterocycles. The quantitative estimate of drug-likeness (QED) is 0.861. The van der Waals surface area contributed by atoms with Crippen LogP contribution in [0.5, 0.6) is 0 Å². The lowest BCUT2D eigenvalue weighted by atomic mass is 10.0. The van der Waals surface area contributed by atoms with E-state index >= 15 is 0 Å². The number of fused-ring (bicyclic) bond motifs is 1. The van der Waals surface area contributed by atoms with Gasteiger partial charge in [-0.05, 0) is 47.8 Å². The summed E-state index contributed by atoms with van der Waals surface area (Å²) in [5.74, 6) is 0.764. The SMILES string of the molecule is CCNC1CCCCc2nc(-c3cncc(Br)c3)ncc21. The van der Waals surface area contributed by atoms with Crippen LogP contribution < -0.4 is 5.32 Å². The number of aryl methyl sites for hydroxylation is 1. The number of aromatic nitrogens is 3. The third-order valence-electron chi connectivity index (χ3n) is 3.85. The van der Waals surface area contributed by atoms with Crippen LogP contribution in [0.3, 0.4) is 0 Å². The lowest BCUT2D eigenvalue weighted by Crippen LogP contribution is -2.21. The van der Waals surface area contributed by atoms with Crippen molar-refractivity contribution in [3.05, 3.63) is 40.4 Å². The van der Waals surface area contributed by atoms with Gasteiger partial charge in [-0.2, -0.15) is 0 Å². The Morgan fingerprint density at radius 2 is 2.19 bits per heavy atom. The minimum atomic E-state index is 0.391. The van der Waals surface area contributed by atoms with Crippen LogP contribution in [0.1, 0.15) is 43.5 Å². The van der Waals surface area contributed by atoms with E-state index in [1.807, 2.05) is 18.5 Å². The van der Waals surface area contributed by atoms with E-state index in [2.05, 4.69) is 38.1 Å². The standard InChI is InChI=1S/C16H19BrN4/c1-2-19-14-5-3-4-6-15-13(14)10-20-16(21-15)11-7-12(17)9-18-8-11/h7-10,14,19H,2-6H2,1H3. The molecule has 5 heteroatoms. The van der Waals surface area contributed by atoms with Gasteiger partial charge in [-0.3, -0.25) is 4.98 Å². The third-order valence-corrected chi connectivity index (χ3v) is 4.28. The monoisotopic (exact) mass is 346 g/mol. The molecule has 1 atom stereocenters. The zero-order valence-electron chi connectivity index (χ0n) is 12.1. The molecule has 2 aromatic rings. The van der Waals surface area contributed by atoms with Crippen LogP contribution in [0.2, 0.25) is 0 Å². The maximum atomic E-state index is 4.81. The topological polar surface area (TPSA) is 50.7 Å². The van der Waals surface area contributed by atoms with Crippen LogP contribution in [0.15, 0.2) is 29.1 Å².